The van der Waals surface area contributed by atoms with Crippen LogP contribution in [-0.2, 0) is 10.0 Å². The third-order valence-electron chi connectivity index (χ3n) is 4.55. The number of nitrogens with zero attached hydrogens (tertiary/aromatic N) is 2. The van der Waals surface area contributed by atoms with E-state index in [0.717, 1.165) is 5.69 Å². The molecule has 2 aromatic rings. The summed E-state index contributed by atoms with van der Waals surface area (Å²) in [6.45, 7) is 1.84. The summed E-state index contributed by atoms with van der Waals surface area (Å²) in [5.41, 5.74) is 1.41. The molecule has 0 aliphatic carbocycles. The maximum absolute atomic E-state index is 13.8. The molecule has 29 heavy (non-hydrogen) atoms. The molecule has 1 amide bonds. The maximum atomic E-state index is 13.8. The number of hydrogen-bond donors (Lipinski definition) is 2. The highest BCUT2D eigenvalue weighted by atomic mass is 32.2. The van der Waals surface area contributed by atoms with Crippen LogP contribution in [0.15, 0.2) is 48.5 Å². The molecule has 0 bridgehead atoms. The van der Waals surface area contributed by atoms with Crippen molar-refractivity contribution >= 4 is 44.6 Å². The van der Waals surface area contributed by atoms with Crippen LogP contribution in [0.1, 0.15) is 10.4 Å². The van der Waals surface area contributed by atoms with Crippen LogP contribution in [0.25, 0.3) is 0 Å². The van der Waals surface area contributed by atoms with E-state index >= 15 is 0 Å². The van der Waals surface area contributed by atoms with Gasteiger partial charge in [0.25, 0.3) is 5.91 Å². The van der Waals surface area contributed by atoms with Gasteiger partial charge in [-0.3, -0.25) is 10.1 Å². The van der Waals surface area contributed by atoms with Gasteiger partial charge < -0.3 is 10.2 Å². The van der Waals surface area contributed by atoms with E-state index in [9.17, 15) is 17.6 Å². The highest BCUT2D eigenvalue weighted by molar-refractivity contribution is 7.88. The molecule has 0 atom stereocenters. The van der Waals surface area contributed by atoms with Crippen molar-refractivity contribution in [1.82, 2.24) is 9.62 Å². The summed E-state index contributed by atoms with van der Waals surface area (Å²) in [7, 11) is -3.21. The van der Waals surface area contributed by atoms with Crippen LogP contribution in [0.3, 0.4) is 0 Å². The molecule has 3 rings (SSSR count). The lowest BCUT2D eigenvalue weighted by Crippen LogP contribution is -2.48. The van der Waals surface area contributed by atoms with Gasteiger partial charge >= 0.3 is 0 Å². The van der Waals surface area contributed by atoms with Crippen molar-refractivity contribution in [2.45, 2.75) is 0 Å². The fraction of sp³-hybridized carbons (Fsp3) is 0.263. The van der Waals surface area contributed by atoms with Gasteiger partial charge in [-0.15, -0.1) is 0 Å². The molecule has 1 heterocycles. The summed E-state index contributed by atoms with van der Waals surface area (Å²) in [5.74, 6) is -1.27. The summed E-state index contributed by atoms with van der Waals surface area (Å²) in [6, 6.07) is 13.0. The molecule has 10 heteroatoms. The van der Waals surface area contributed by atoms with Gasteiger partial charge in [0.05, 0.1) is 23.2 Å². The van der Waals surface area contributed by atoms with Crippen molar-refractivity contribution in [3.8, 4) is 0 Å². The Morgan fingerprint density at radius 3 is 2.31 bits per heavy atom. The first-order valence-electron chi connectivity index (χ1n) is 8.91. The molecule has 0 saturated carbocycles. The number of hydrogen-bond acceptors (Lipinski definition) is 5. The third kappa shape index (κ3) is 5.28. The van der Waals surface area contributed by atoms with Crippen LogP contribution in [0.4, 0.5) is 15.8 Å². The number of anilines is 2. The van der Waals surface area contributed by atoms with Gasteiger partial charge in [-0.1, -0.05) is 24.3 Å². The molecule has 154 valence electrons. The standard InChI is InChI=1S/C19H21FN4O3S2/c1-29(26,27)24-12-10-23(11-13-24)17-9-5-4-8-16(17)21-19(28)22-18(25)14-6-2-3-7-15(14)20/h2-9H,10-13H2,1H3,(H2,21,22,25,28). The van der Waals surface area contributed by atoms with E-state index in [0.29, 0.717) is 31.9 Å². The van der Waals surface area contributed by atoms with Crippen LogP contribution in [-0.4, -0.2) is 56.2 Å². The molecule has 0 spiro atoms. The average Bonchev–Trinajstić information content (AvgIpc) is 2.68. The summed E-state index contributed by atoms with van der Waals surface area (Å²) in [6.07, 6.45) is 1.20. The molecule has 0 aromatic heterocycles. The van der Waals surface area contributed by atoms with Crippen LogP contribution in [0.5, 0.6) is 0 Å². The van der Waals surface area contributed by atoms with Crippen molar-refractivity contribution in [3.63, 3.8) is 0 Å². The predicted molar refractivity (Wildman–Crippen MR) is 115 cm³/mol. The van der Waals surface area contributed by atoms with Crippen molar-refractivity contribution < 1.29 is 17.6 Å². The Bertz CT molecular complexity index is 1020. The molecule has 1 aliphatic heterocycles. The van der Waals surface area contributed by atoms with Gasteiger partial charge in [0.1, 0.15) is 5.82 Å². The molecular formula is C19H21FN4O3S2. The van der Waals surface area contributed by atoms with E-state index in [1.54, 1.807) is 12.1 Å². The maximum Gasteiger partial charge on any atom is 0.260 e. The topological polar surface area (TPSA) is 81.8 Å². The third-order valence-corrected chi connectivity index (χ3v) is 6.05. The van der Waals surface area contributed by atoms with E-state index in [4.69, 9.17) is 12.2 Å². The SMILES string of the molecule is CS(=O)(=O)N1CCN(c2ccccc2NC(=S)NC(=O)c2ccccc2F)CC1. The van der Waals surface area contributed by atoms with Gasteiger partial charge in [-0.05, 0) is 36.5 Å². The molecule has 2 N–H and O–H groups in total. The molecule has 0 unspecified atom stereocenters. The fourth-order valence-electron chi connectivity index (χ4n) is 3.09. The number of carbonyl (C=O) groups excluding carboxylic acids is 1. The van der Waals surface area contributed by atoms with E-state index < -0.39 is 21.7 Å². The van der Waals surface area contributed by atoms with Crippen LogP contribution in [0, 0.1) is 5.82 Å². The van der Waals surface area contributed by atoms with E-state index in [-0.39, 0.29) is 10.7 Å². The zero-order valence-electron chi connectivity index (χ0n) is 15.8. The normalized spacial score (nSPS) is 15.0. The minimum Gasteiger partial charge on any atom is -0.367 e. The molecule has 1 saturated heterocycles. The van der Waals surface area contributed by atoms with E-state index in [1.165, 1.54) is 28.8 Å². The molecule has 7 nitrogen and oxygen atoms in total. The summed E-state index contributed by atoms with van der Waals surface area (Å²) < 4.78 is 38.6. The largest absolute Gasteiger partial charge is 0.367 e. The molecule has 1 fully saturated rings. The van der Waals surface area contributed by atoms with Crippen molar-refractivity contribution in [3.05, 3.63) is 59.9 Å². The smallest absolute Gasteiger partial charge is 0.260 e. The Kier molecular flexibility index (Phi) is 6.46. The number of sulfonamides is 1. The number of thiocarbonyl (C=S) groups is 1. The number of amides is 1. The lowest BCUT2D eigenvalue weighted by molar-refractivity contribution is 0.0974. The second kappa shape index (κ2) is 8.85. The van der Waals surface area contributed by atoms with E-state index in [1.807, 2.05) is 23.1 Å². The molecule has 1 aliphatic rings. The molecular weight excluding hydrogens is 415 g/mol. The van der Waals surface area contributed by atoms with E-state index in [2.05, 4.69) is 10.6 Å². The lowest BCUT2D eigenvalue weighted by Gasteiger charge is -2.35. The number of benzene rings is 2. The quantitative estimate of drug-likeness (QED) is 0.714. The molecule has 2 aromatic carbocycles. The fourth-order valence-corrected chi connectivity index (χ4v) is 4.11. The minimum absolute atomic E-state index is 0.0421. The highest BCUT2D eigenvalue weighted by Gasteiger charge is 2.24. The van der Waals surface area contributed by atoms with Crippen LogP contribution >= 0.6 is 12.2 Å². The Morgan fingerprint density at radius 2 is 1.66 bits per heavy atom. The summed E-state index contributed by atoms with van der Waals surface area (Å²) in [5, 5.41) is 5.49. The summed E-state index contributed by atoms with van der Waals surface area (Å²) in [4.78, 5) is 14.3. The Morgan fingerprint density at radius 1 is 1.03 bits per heavy atom. The number of para-hydroxylation sites is 2. The number of rotatable bonds is 4. The van der Waals surface area contributed by atoms with Gasteiger partial charge in [-0.25, -0.2) is 12.8 Å². The Balaban J connectivity index is 1.67. The predicted octanol–water partition coefficient (Wildman–Crippen LogP) is 2.03. The van der Waals surface area contributed by atoms with Gasteiger partial charge in [0, 0.05) is 26.2 Å². The lowest BCUT2D eigenvalue weighted by atomic mass is 10.2. The zero-order valence-corrected chi connectivity index (χ0v) is 17.4. The zero-order chi connectivity index (χ0) is 21.0. The number of halogens is 1. The minimum atomic E-state index is -3.21. The Labute approximate surface area is 174 Å². The first-order chi connectivity index (χ1) is 13.8. The first-order valence-corrected chi connectivity index (χ1v) is 11.2. The van der Waals surface area contributed by atoms with Crippen LogP contribution < -0.4 is 15.5 Å². The number of nitrogens with one attached hydrogen (secondary N) is 2. The molecule has 0 radical (unpaired) electrons. The Hall–Kier alpha value is -2.56. The summed E-state index contributed by atoms with van der Waals surface area (Å²) >= 11 is 5.21. The second-order valence-corrected chi connectivity index (χ2v) is 8.95. The van der Waals surface area contributed by atoms with Crippen molar-refractivity contribution in [2.75, 3.05) is 42.7 Å². The van der Waals surface area contributed by atoms with Gasteiger partial charge in [0.2, 0.25) is 10.0 Å². The average molecular weight is 437 g/mol. The first kappa shape index (κ1) is 21.2. The highest BCUT2D eigenvalue weighted by Crippen LogP contribution is 2.27. The number of carbonyl (C=O) groups is 1. The van der Waals surface area contributed by atoms with Crippen LogP contribution in [0.2, 0.25) is 0 Å². The second-order valence-electron chi connectivity index (χ2n) is 6.55. The monoisotopic (exact) mass is 436 g/mol. The number of piperazine rings is 1. The van der Waals surface area contributed by atoms with Crippen molar-refractivity contribution in [2.24, 2.45) is 0 Å². The van der Waals surface area contributed by atoms with Gasteiger partial charge in [-0.2, -0.15) is 4.31 Å². The van der Waals surface area contributed by atoms with Gasteiger partial charge in [0.15, 0.2) is 5.11 Å². The van der Waals surface area contributed by atoms with Crippen molar-refractivity contribution in [1.29, 1.82) is 0 Å².